The molecule has 0 bridgehead atoms. The van der Waals surface area contributed by atoms with Gasteiger partial charge in [0, 0.05) is 16.6 Å². The lowest BCUT2D eigenvalue weighted by Crippen LogP contribution is -2.26. The van der Waals surface area contributed by atoms with Crippen molar-refractivity contribution >= 4 is 39.8 Å². The minimum absolute atomic E-state index is 0.191. The van der Waals surface area contributed by atoms with Gasteiger partial charge in [0.15, 0.2) is 0 Å². The molecule has 4 rings (SSSR count). The van der Waals surface area contributed by atoms with Gasteiger partial charge in [-0.25, -0.2) is 0 Å². The summed E-state index contributed by atoms with van der Waals surface area (Å²) in [5.74, 6) is 0.264. The first kappa shape index (κ1) is 18.0. The highest BCUT2D eigenvalue weighted by atomic mass is 32.1. The molecule has 2 amide bonds. The number of anilines is 1. The van der Waals surface area contributed by atoms with E-state index in [0.29, 0.717) is 21.9 Å². The predicted octanol–water partition coefficient (Wildman–Crippen LogP) is 5.24. The first-order valence-electron chi connectivity index (χ1n) is 8.84. The van der Waals surface area contributed by atoms with E-state index in [2.05, 4.69) is 10.6 Å². The van der Waals surface area contributed by atoms with Crippen LogP contribution in [0.4, 0.5) is 5.69 Å². The van der Waals surface area contributed by atoms with E-state index < -0.39 is 0 Å². The van der Waals surface area contributed by atoms with Gasteiger partial charge in [-0.1, -0.05) is 30.3 Å². The Morgan fingerprint density at radius 2 is 1.82 bits per heavy atom. The van der Waals surface area contributed by atoms with E-state index in [0.717, 1.165) is 11.0 Å². The molecule has 0 aliphatic carbocycles. The van der Waals surface area contributed by atoms with Crippen molar-refractivity contribution in [3.63, 3.8) is 0 Å². The Kier molecular flexibility index (Phi) is 4.95. The van der Waals surface area contributed by atoms with Gasteiger partial charge in [0.05, 0.1) is 10.9 Å². The number of hydrogen-bond acceptors (Lipinski definition) is 4. The fourth-order valence-corrected chi connectivity index (χ4v) is 3.52. The highest BCUT2D eigenvalue weighted by Gasteiger charge is 2.16. The molecule has 6 heteroatoms. The van der Waals surface area contributed by atoms with Gasteiger partial charge in [-0.05, 0) is 48.7 Å². The number of thiophene rings is 1. The molecule has 0 spiro atoms. The van der Waals surface area contributed by atoms with Gasteiger partial charge in [-0.2, -0.15) is 0 Å². The van der Waals surface area contributed by atoms with Crippen LogP contribution in [0, 0.1) is 0 Å². The number of furan rings is 1. The summed E-state index contributed by atoms with van der Waals surface area (Å²) >= 11 is 1.37. The fourth-order valence-electron chi connectivity index (χ4n) is 2.91. The minimum Gasteiger partial charge on any atom is -0.459 e. The number of hydrogen-bond donors (Lipinski definition) is 2. The zero-order chi connectivity index (χ0) is 19.5. The summed E-state index contributed by atoms with van der Waals surface area (Å²) in [6.45, 7) is 1.87. The molecule has 2 heterocycles. The average Bonchev–Trinajstić information content (AvgIpc) is 3.38. The van der Waals surface area contributed by atoms with Crippen LogP contribution >= 0.6 is 11.3 Å². The number of rotatable bonds is 5. The molecule has 0 fully saturated rings. The van der Waals surface area contributed by atoms with E-state index in [1.165, 1.54) is 11.3 Å². The maximum atomic E-state index is 12.6. The molecule has 2 aromatic carbocycles. The Morgan fingerprint density at radius 1 is 0.964 bits per heavy atom. The molecule has 28 heavy (non-hydrogen) atoms. The standard InChI is InChI=1S/C22H18N2O3S/c1-14(19-13-15-6-2-3-9-18(15)27-19)23-21(25)16-7-4-8-17(12-16)24-22(26)20-10-5-11-28-20/h2-14H,1H3,(H,23,25)(H,24,26). The Hall–Kier alpha value is -3.38. The van der Waals surface area contributed by atoms with E-state index in [1.807, 2.05) is 48.7 Å². The second-order valence-electron chi connectivity index (χ2n) is 6.39. The first-order valence-corrected chi connectivity index (χ1v) is 9.72. The van der Waals surface area contributed by atoms with E-state index in [4.69, 9.17) is 4.42 Å². The van der Waals surface area contributed by atoms with Crippen LogP contribution in [0.3, 0.4) is 0 Å². The smallest absolute Gasteiger partial charge is 0.265 e. The van der Waals surface area contributed by atoms with Crippen LogP contribution < -0.4 is 10.6 Å². The molecule has 2 N–H and O–H groups in total. The summed E-state index contributed by atoms with van der Waals surface area (Å²) in [6.07, 6.45) is 0. The SMILES string of the molecule is CC(NC(=O)c1cccc(NC(=O)c2cccs2)c1)c1cc2ccccc2o1. The first-order chi connectivity index (χ1) is 13.6. The van der Waals surface area contributed by atoms with Crippen molar-refractivity contribution in [3.05, 3.63) is 88.3 Å². The van der Waals surface area contributed by atoms with Crippen molar-refractivity contribution in [3.8, 4) is 0 Å². The predicted molar refractivity (Wildman–Crippen MR) is 111 cm³/mol. The molecule has 0 radical (unpaired) electrons. The molecule has 1 atom stereocenters. The van der Waals surface area contributed by atoms with Crippen molar-refractivity contribution < 1.29 is 14.0 Å². The lowest BCUT2D eigenvalue weighted by atomic mass is 10.1. The quantitative estimate of drug-likeness (QED) is 0.490. The Labute approximate surface area is 166 Å². The number of benzene rings is 2. The average molecular weight is 390 g/mol. The Bertz CT molecular complexity index is 1100. The van der Waals surface area contributed by atoms with E-state index >= 15 is 0 Å². The molecular formula is C22H18N2O3S. The number of amides is 2. The summed E-state index contributed by atoms with van der Waals surface area (Å²) in [5.41, 5.74) is 1.83. The summed E-state index contributed by atoms with van der Waals surface area (Å²) in [4.78, 5) is 25.5. The van der Waals surface area contributed by atoms with Gasteiger partial charge in [0.2, 0.25) is 0 Å². The van der Waals surface area contributed by atoms with Gasteiger partial charge in [-0.15, -0.1) is 11.3 Å². The third kappa shape index (κ3) is 3.82. The van der Waals surface area contributed by atoms with Crippen LogP contribution in [-0.4, -0.2) is 11.8 Å². The second-order valence-corrected chi connectivity index (χ2v) is 7.34. The summed E-state index contributed by atoms with van der Waals surface area (Å²) in [5, 5.41) is 8.60. The largest absolute Gasteiger partial charge is 0.459 e. The zero-order valence-corrected chi connectivity index (χ0v) is 16.0. The summed E-state index contributed by atoms with van der Waals surface area (Å²) < 4.78 is 5.81. The monoisotopic (exact) mass is 390 g/mol. The highest BCUT2D eigenvalue weighted by Crippen LogP contribution is 2.24. The highest BCUT2D eigenvalue weighted by molar-refractivity contribution is 7.12. The van der Waals surface area contributed by atoms with Crippen LogP contribution in [0.5, 0.6) is 0 Å². The molecule has 0 aliphatic rings. The van der Waals surface area contributed by atoms with Crippen molar-refractivity contribution in [1.82, 2.24) is 5.32 Å². The van der Waals surface area contributed by atoms with E-state index in [-0.39, 0.29) is 17.9 Å². The van der Waals surface area contributed by atoms with Gasteiger partial charge in [-0.3, -0.25) is 9.59 Å². The molecule has 0 aliphatic heterocycles. The fraction of sp³-hybridized carbons (Fsp3) is 0.0909. The van der Waals surface area contributed by atoms with E-state index in [1.54, 1.807) is 30.3 Å². The van der Waals surface area contributed by atoms with Crippen LogP contribution in [0.1, 0.15) is 38.8 Å². The molecule has 140 valence electrons. The molecule has 1 unspecified atom stereocenters. The molecular weight excluding hydrogens is 372 g/mol. The van der Waals surface area contributed by atoms with Crippen molar-refractivity contribution in [1.29, 1.82) is 0 Å². The topological polar surface area (TPSA) is 71.3 Å². The van der Waals surface area contributed by atoms with Gasteiger partial charge in [0.1, 0.15) is 11.3 Å². The lowest BCUT2D eigenvalue weighted by Gasteiger charge is -2.12. The Balaban J connectivity index is 1.46. The number of carbonyl (C=O) groups is 2. The van der Waals surface area contributed by atoms with Crippen LogP contribution in [-0.2, 0) is 0 Å². The number of carbonyl (C=O) groups excluding carboxylic acids is 2. The summed E-state index contributed by atoms with van der Waals surface area (Å²) in [6, 6.07) is 19.8. The lowest BCUT2D eigenvalue weighted by molar-refractivity contribution is 0.0934. The maximum Gasteiger partial charge on any atom is 0.265 e. The zero-order valence-electron chi connectivity index (χ0n) is 15.1. The number of nitrogens with one attached hydrogen (secondary N) is 2. The van der Waals surface area contributed by atoms with Gasteiger partial charge in [0.25, 0.3) is 11.8 Å². The molecule has 2 aromatic heterocycles. The van der Waals surface area contributed by atoms with Crippen molar-refractivity contribution in [2.75, 3.05) is 5.32 Å². The molecule has 0 saturated heterocycles. The van der Waals surface area contributed by atoms with Crippen LogP contribution in [0.15, 0.2) is 76.5 Å². The maximum absolute atomic E-state index is 12.6. The van der Waals surface area contributed by atoms with Crippen molar-refractivity contribution in [2.45, 2.75) is 13.0 Å². The Morgan fingerprint density at radius 3 is 2.61 bits per heavy atom. The third-order valence-electron chi connectivity index (χ3n) is 4.35. The normalized spacial score (nSPS) is 11.9. The molecule has 0 saturated carbocycles. The van der Waals surface area contributed by atoms with E-state index in [9.17, 15) is 9.59 Å². The molecule has 5 nitrogen and oxygen atoms in total. The van der Waals surface area contributed by atoms with Gasteiger partial charge >= 0.3 is 0 Å². The van der Waals surface area contributed by atoms with Gasteiger partial charge < -0.3 is 15.1 Å². The summed E-state index contributed by atoms with van der Waals surface area (Å²) in [7, 11) is 0. The second kappa shape index (κ2) is 7.70. The number of para-hydroxylation sites is 1. The minimum atomic E-state index is -0.288. The number of fused-ring (bicyclic) bond motifs is 1. The molecule has 4 aromatic rings. The van der Waals surface area contributed by atoms with Crippen molar-refractivity contribution in [2.24, 2.45) is 0 Å². The van der Waals surface area contributed by atoms with Crippen LogP contribution in [0.2, 0.25) is 0 Å². The third-order valence-corrected chi connectivity index (χ3v) is 5.22. The van der Waals surface area contributed by atoms with Crippen LogP contribution in [0.25, 0.3) is 11.0 Å².